The fourth-order valence-electron chi connectivity index (χ4n) is 1.34. The van der Waals surface area contributed by atoms with Gasteiger partial charge in [0.15, 0.2) is 5.11 Å². The van der Waals surface area contributed by atoms with E-state index in [1.807, 2.05) is 18.9 Å². The topological polar surface area (TPSA) is 15.3 Å². The molecule has 0 amide bonds. The Morgan fingerprint density at radius 2 is 1.87 bits per heavy atom. The SMILES string of the molecule is CCNC(=S)N(C)c1ccc(CC)cc1. The summed E-state index contributed by atoms with van der Waals surface area (Å²) >= 11 is 5.23. The molecule has 0 heterocycles. The van der Waals surface area contributed by atoms with E-state index in [4.69, 9.17) is 12.2 Å². The zero-order valence-electron chi connectivity index (χ0n) is 9.58. The molecule has 1 N–H and O–H groups in total. The standard InChI is InChI=1S/C12H18N2S/c1-4-10-6-8-11(9-7-10)14(3)12(15)13-5-2/h6-9H,4-5H2,1-3H3,(H,13,15). The minimum Gasteiger partial charge on any atom is -0.363 e. The van der Waals surface area contributed by atoms with E-state index in [0.717, 1.165) is 23.8 Å². The van der Waals surface area contributed by atoms with E-state index in [9.17, 15) is 0 Å². The molecule has 1 aromatic carbocycles. The average Bonchev–Trinajstić information content (AvgIpc) is 2.28. The summed E-state index contributed by atoms with van der Waals surface area (Å²) < 4.78 is 0. The molecule has 82 valence electrons. The third-order valence-corrected chi connectivity index (χ3v) is 2.78. The molecule has 3 heteroatoms. The normalized spacial score (nSPS) is 9.80. The molecule has 0 unspecified atom stereocenters. The number of hydrogen-bond acceptors (Lipinski definition) is 1. The maximum absolute atomic E-state index is 5.23. The highest BCUT2D eigenvalue weighted by Crippen LogP contribution is 2.14. The molecule has 0 fully saturated rings. The van der Waals surface area contributed by atoms with Crippen LogP contribution in [0.4, 0.5) is 5.69 Å². The molecule has 0 aliphatic rings. The molecule has 0 saturated carbocycles. The Bertz CT molecular complexity index is 319. The van der Waals surface area contributed by atoms with Gasteiger partial charge in [-0.1, -0.05) is 19.1 Å². The molecule has 1 aromatic rings. The molecule has 0 saturated heterocycles. The van der Waals surface area contributed by atoms with Crippen molar-refractivity contribution in [3.63, 3.8) is 0 Å². The highest BCUT2D eigenvalue weighted by atomic mass is 32.1. The maximum Gasteiger partial charge on any atom is 0.173 e. The van der Waals surface area contributed by atoms with Gasteiger partial charge in [-0.15, -0.1) is 0 Å². The lowest BCUT2D eigenvalue weighted by molar-refractivity contribution is 0.956. The van der Waals surface area contributed by atoms with Gasteiger partial charge in [-0.25, -0.2) is 0 Å². The van der Waals surface area contributed by atoms with Crippen molar-refractivity contribution >= 4 is 23.0 Å². The summed E-state index contributed by atoms with van der Waals surface area (Å²) in [5.41, 5.74) is 2.47. The summed E-state index contributed by atoms with van der Waals surface area (Å²) in [5.74, 6) is 0. The molecule has 0 aliphatic heterocycles. The van der Waals surface area contributed by atoms with Gasteiger partial charge in [-0.2, -0.15) is 0 Å². The summed E-state index contributed by atoms with van der Waals surface area (Å²) in [6, 6.07) is 8.48. The summed E-state index contributed by atoms with van der Waals surface area (Å²) in [5, 5.41) is 3.90. The van der Waals surface area contributed by atoms with Gasteiger partial charge >= 0.3 is 0 Å². The number of benzene rings is 1. The number of aryl methyl sites for hydroxylation is 1. The number of hydrogen-bond donors (Lipinski definition) is 1. The lowest BCUT2D eigenvalue weighted by atomic mass is 10.1. The molecule has 0 aliphatic carbocycles. The molecule has 1 rings (SSSR count). The first-order valence-corrected chi connectivity index (χ1v) is 5.70. The van der Waals surface area contributed by atoms with Crippen LogP contribution in [0.2, 0.25) is 0 Å². The zero-order valence-corrected chi connectivity index (χ0v) is 10.4. The van der Waals surface area contributed by atoms with E-state index < -0.39 is 0 Å². The van der Waals surface area contributed by atoms with Crippen molar-refractivity contribution in [3.8, 4) is 0 Å². The van der Waals surface area contributed by atoms with Gasteiger partial charge in [0.1, 0.15) is 0 Å². The Morgan fingerprint density at radius 3 is 2.33 bits per heavy atom. The largest absolute Gasteiger partial charge is 0.363 e. The van der Waals surface area contributed by atoms with Crippen LogP contribution >= 0.6 is 12.2 Å². The molecule has 0 aromatic heterocycles. The van der Waals surface area contributed by atoms with Crippen molar-refractivity contribution < 1.29 is 0 Å². The smallest absolute Gasteiger partial charge is 0.173 e. The van der Waals surface area contributed by atoms with Crippen LogP contribution < -0.4 is 10.2 Å². The van der Waals surface area contributed by atoms with Gasteiger partial charge in [0.05, 0.1) is 0 Å². The minimum atomic E-state index is 0.766. The second-order valence-electron chi connectivity index (χ2n) is 3.41. The van der Waals surface area contributed by atoms with E-state index in [1.165, 1.54) is 5.56 Å². The summed E-state index contributed by atoms with van der Waals surface area (Å²) in [6.45, 7) is 5.05. The summed E-state index contributed by atoms with van der Waals surface area (Å²) in [6.07, 6.45) is 1.07. The first kappa shape index (κ1) is 12.0. The van der Waals surface area contributed by atoms with Crippen molar-refractivity contribution in [1.29, 1.82) is 0 Å². The van der Waals surface area contributed by atoms with Gasteiger partial charge in [0.25, 0.3) is 0 Å². The van der Waals surface area contributed by atoms with Crippen LogP contribution in [0.3, 0.4) is 0 Å². The van der Waals surface area contributed by atoms with Crippen LogP contribution in [0.5, 0.6) is 0 Å². The molecule has 0 radical (unpaired) electrons. The number of nitrogens with one attached hydrogen (secondary N) is 1. The van der Waals surface area contributed by atoms with Crippen molar-refractivity contribution in [2.45, 2.75) is 20.3 Å². The Hall–Kier alpha value is -1.09. The van der Waals surface area contributed by atoms with Gasteiger partial charge in [0, 0.05) is 19.3 Å². The van der Waals surface area contributed by atoms with Gasteiger partial charge < -0.3 is 10.2 Å². The van der Waals surface area contributed by atoms with E-state index >= 15 is 0 Å². The molecular formula is C12H18N2S. The zero-order chi connectivity index (χ0) is 11.3. The quantitative estimate of drug-likeness (QED) is 0.791. The maximum atomic E-state index is 5.23. The lowest BCUT2D eigenvalue weighted by Crippen LogP contribution is -2.36. The Labute approximate surface area is 97.3 Å². The molecule has 0 bridgehead atoms. The fourth-order valence-corrected chi connectivity index (χ4v) is 1.59. The van der Waals surface area contributed by atoms with E-state index in [2.05, 4.69) is 36.5 Å². The van der Waals surface area contributed by atoms with Gasteiger partial charge in [0.2, 0.25) is 0 Å². The highest BCUT2D eigenvalue weighted by Gasteiger charge is 2.04. The highest BCUT2D eigenvalue weighted by molar-refractivity contribution is 7.80. The fraction of sp³-hybridized carbons (Fsp3) is 0.417. The number of nitrogens with zero attached hydrogens (tertiary/aromatic N) is 1. The van der Waals surface area contributed by atoms with Crippen molar-refractivity contribution in [1.82, 2.24) is 5.32 Å². The van der Waals surface area contributed by atoms with Crippen LogP contribution in [-0.4, -0.2) is 18.7 Å². The van der Waals surface area contributed by atoms with Crippen LogP contribution in [0, 0.1) is 0 Å². The van der Waals surface area contributed by atoms with Crippen LogP contribution in [0.25, 0.3) is 0 Å². The predicted molar refractivity (Wildman–Crippen MR) is 70.5 cm³/mol. The second-order valence-corrected chi connectivity index (χ2v) is 3.80. The molecule has 2 nitrogen and oxygen atoms in total. The first-order chi connectivity index (χ1) is 7.19. The second kappa shape index (κ2) is 5.71. The summed E-state index contributed by atoms with van der Waals surface area (Å²) in [4.78, 5) is 1.98. The Balaban J connectivity index is 2.73. The van der Waals surface area contributed by atoms with Crippen molar-refractivity contribution in [2.24, 2.45) is 0 Å². The molecule has 15 heavy (non-hydrogen) atoms. The average molecular weight is 222 g/mol. The molecule has 0 atom stereocenters. The van der Waals surface area contributed by atoms with E-state index in [0.29, 0.717) is 0 Å². The van der Waals surface area contributed by atoms with E-state index in [1.54, 1.807) is 0 Å². The van der Waals surface area contributed by atoms with E-state index in [-0.39, 0.29) is 0 Å². The van der Waals surface area contributed by atoms with Crippen molar-refractivity contribution in [2.75, 3.05) is 18.5 Å². The van der Waals surface area contributed by atoms with Crippen molar-refractivity contribution in [3.05, 3.63) is 29.8 Å². The van der Waals surface area contributed by atoms with Crippen LogP contribution in [0.15, 0.2) is 24.3 Å². The lowest BCUT2D eigenvalue weighted by Gasteiger charge is -2.20. The molecular weight excluding hydrogens is 204 g/mol. The Kier molecular flexibility index (Phi) is 4.56. The predicted octanol–water partition coefficient (Wildman–Crippen LogP) is 2.58. The number of anilines is 1. The minimum absolute atomic E-state index is 0.766. The van der Waals surface area contributed by atoms with Crippen LogP contribution in [0.1, 0.15) is 19.4 Å². The number of thiocarbonyl (C=S) groups is 1. The number of rotatable bonds is 3. The monoisotopic (exact) mass is 222 g/mol. The molecule has 0 spiro atoms. The first-order valence-electron chi connectivity index (χ1n) is 5.29. The van der Waals surface area contributed by atoms with Gasteiger partial charge in [-0.05, 0) is 43.3 Å². The summed E-state index contributed by atoms with van der Waals surface area (Å²) in [7, 11) is 1.98. The van der Waals surface area contributed by atoms with Gasteiger partial charge in [-0.3, -0.25) is 0 Å². The Morgan fingerprint density at radius 1 is 1.27 bits per heavy atom. The third-order valence-electron chi connectivity index (χ3n) is 2.36. The van der Waals surface area contributed by atoms with Crippen LogP contribution in [-0.2, 0) is 6.42 Å². The third kappa shape index (κ3) is 3.20.